The van der Waals surface area contributed by atoms with Gasteiger partial charge in [0.05, 0.1) is 5.69 Å². The normalized spacial score (nSPS) is 27.0. The summed E-state index contributed by atoms with van der Waals surface area (Å²) in [5.74, 6) is 0. The zero-order valence-electron chi connectivity index (χ0n) is 6.79. The molecule has 0 spiro atoms. The Bertz CT molecular complexity index is 277. The van der Waals surface area contributed by atoms with Gasteiger partial charge in [0.2, 0.25) is 0 Å². The van der Waals surface area contributed by atoms with E-state index >= 15 is 0 Å². The Morgan fingerprint density at radius 1 is 1.73 bits per heavy atom. The molecule has 0 unspecified atom stereocenters. The minimum absolute atomic E-state index is 0.0370. The molecule has 1 heterocycles. The van der Waals surface area contributed by atoms with E-state index in [1.165, 1.54) is 5.56 Å². The molecule has 1 aliphatic carbocycles. The second-order valence-corrected chi connectivity index (χ2v) is 3.71. The lowest BCUT2D eigenvalue weighted by atomic mass is 9.85. The van der Waals surface area contributed by atoms with E-state index in [0.717, 1.165) is 12.1 Å². The van der Waals surface area contributed by atoms with Crippen LogP contribution in [0.1, 0.15) is 25.1 Å². The van der Waals surface area contributed by atoms with Crippen molar-refractivity contribution in [2.45, 2.75) is 31.7 Å². The van der Waals surface area contributed by atoms with Crippen LogP contribution in [0.15, 0.2) is 10.8 Å². The lowest BCUT2D eigenvalue weighted by Gasteiger charge is -2.22. The van der Waals surface area contributed by atoms with E-state index in [-0.39, 0.29) is 11.5 Å². The molecule has 0 saturated carbocycles. The average Bonchev–Trinajstić information content (AvgIpc) is 2.41. The predicted molar refractivity (Wildman–Crippen MR) is 41.2 cm³/mol. The van der Waals surface area contributed by atoms with E-state index in [1.807, 2.05) is 0 Å². The Morgan fingerprint density at radius 2 is 2.45 bits per heavy atom. The Kier molecular flexibility index (Phi) is 1.16. The summed E-state index contributed by atoms with van der Waals surface area (Å²) in [6.45, 7) is 4.25. The highest BCUT2D eigenvalue weighted by Crippen LogP contribution is 2.36. The summed E-state index contributed by atoms with van der Waals surface area (Å²) in [5, 5.41) is 3.89. The molecule has 0 radical (unpaired) electrons. The lowest BCUT2D eigenvalue weighted by molar-refractivity contribution is 0.379. The van der Waals surface area contributed by atoms with Gasteiger partial charge in [0.25, 0.3) is 0 Å². The molecule has 0 saturated heterocycles. The van der Waals surface area contributed by atoms with Crippen LogP contribution in [0.3, 0.4) is 0 Å². The first kappa shape index (κ1) is 6.85. The van der Waals surface area contributed by atoms with Crippen LogP contribution < -0.4 is 5.73 Å². The van der Waals surface area contributed by atoms with Gasteiger partial charge in [0, 0.05) is 23.4 Å². The number of fused-ring (bicyclic) bond motifs is 1. The molecular weight excluding hydrogens is 140 g/mol. The fourth-order valence-corrected chi connectivity index (χ4v) is 1.59. The molecule has 1 atom stereocenters. The first-order valence-electron chi connectivity index (χ1n) is 3.81. The Hall–Kier alpha value is -0.830. The summed E-state index contributed by atoms with van der Waals surface area (Å²) in [6, 6.07) is 0.191. The Morgan fingerprint density at radius 3 is 3.09 bits per heavy atom. The van der Waals surface area contributed by atoms with Gasteiger partial charge in [-0.1, -0.05) is 19.0 Å². The quantitative estimate of drug-likeness (QED) is 0.599. The van der Waals surface area contributed by atoms with Crippen LogP contribution in [0, 0.1) is 0 Å². The predicted octanol–water partition coefficient (Wildman–Crippen LogP) is 0.836. The van der Waals surface area contributed by atoms with Crippen LogP contribution in [0.2, 0.25) is 0 Å². The second-order valence-electron chi connectivity index (χ2n) is 3.71. The highest BCUT2D eigenvalue weighted by atomic mass is 16.5. The molecule has 3 nitrogen and oxygen atoms in total. The molecule has 0 fully saturated rings. The monoisotopic (exact) mass is 152 g/mol. The minimum Gasteiger partial charge on any atom is -0.364 e. The van der Waals surface area contributed by atoms with Crippen LogP contribution in [-0.2, 0) is 11.8 Å². The van der Waals surface area contributed by atoms with Crippen molar-refractivity contribution in [3.8, 4) is 0 Å². The molecule has 0 aromatic carbocycles. The maximum absolute atomic E-state index is 5.93. The largest absolute Gasteiger partial charge is 0.364 e. The van der Waals surface area contributed by atoms with Gasteiger partial charge in [-0.25, -0.2) is 0 Å². The van der Waals surface area contributed by atoms with Crippen molar-refractivity contribution in [2.75, 3.05) is 0 Å². The number of nitrogens with two attached hydrogens (primary N) is 1. The molecule has 0 aliphatic heterocycles. The van der Waals surface area contributed by atoms with E-state index in [2.05, 4.69) is 19.0 Å². The van der Waals surface area contributed by atoms with Crippen molar-refractivity contribution in [1.29, 1.82) is 0 Å². The molecule has 0 amide bonds. The topological polar surface area (TPSA) is 52.0 Å². The molecular formula is C8H12N2O. The molecule has 11 heavy (non-hydrogen) atoms. The van der Waals surface area contributed by atoms with E-state index in [9.17, 15) is 0 Å². The molecule has 0 bridgehead atoms. The van der Waals surface area contributed by atoms with Gasteiger partial charge in [-0.3, -0.25) is 0 Å². The van der Waals surface area contributed by atoms with Gasteiger partial charge in [0.15, 0.2) is 0 Å². The molecule has 1 aromatic rings. The smallest absolute Gasteiger partial charge is 0.127 e. The molecule has 1 aliphatic rings. The molecule has 1 aromatic heterocycles. The summed E-state index contributed by atoms with van der Waals surface area (Å²) in [6.07, 6.45) is 2.56. The number of rotatable bonds is 0. The first-order valence-corrected chi connectivity index (χ1v) is 3.81. The first-order chi connectivity index (χ1) is 5.12. The van der Waals surface area contributed by atoms with Gasteiger partial charge < -0.3 is 10.3 Å². The van der Waals surface area contributed by atoms with Gasteiger partial charge >= 0.3 is 0 Å². The van der Waals surface area contributed by atoms with Gasteiger partial charge in [-0.15, -0.1) is 0 Å². The molecule has 2 rings (SSSR count). The average molecular weight is 152 g/mol. The van der Waals surface area contributed by atoms with Crippen LogP contribution in [-0.4, -0.2) is 11.2 Å². The maximum Gasteiger partial charge on any atom is 0.127 e. The fourth-order valence-electron chi connectivity index (χ4n) is 1.59. The third-order valence-electron chi connectivity index (χ3n) is 2.68. The highest BCUT2D eigenvalue weighted by Gasteiger charge is 2.39. The third kappa shape index (κ3) is 0.744. The summed E-state index contributed by atoms with van der Waals surface area (Å²) in [4.78, 5) is 0. The van der Waals surface area contributed by atoms with Crippen LogP contribution in [0.4, 0.5) is 0 Å². The number of hydrogen-bond acceptors (Lipinski definition) is 3. The molecule has 2 N–H and O–H groups in total. The molecule has 60 valence electrons. The summed E-state index contributed by atoms with van der Waals surface area (Å²) in [7, 11) is 0. The van der Waals surface area contributed by atoms with Gasteiger partial charge in [0.1, 0.15) is 6.26 Å². The van der Waals surface area contributed by atoms with Crippen molar-refractivity contribution in [3.63, 3.8) is 0 Å². The Balaban J connectivity index is 2.52. The highest BCUT2D eigenvalue weighted by molar-refractivity contribution is 5.33. The van der Waals surface area contributed by atoms with Crippen molar-refractivity contribution in [2.24, 2.45) is 5.73 Å². The summed E-state index contributed by atoms with van der Waals surface area (Å²) in [5.41, 5.74) is 8.16. The van der Waals surface area contributed by atoms with E-state index in [1.54, 1.807) is 6.26 Å². The van der Waals surface area contributed by atoms with Crippen molar-refractivity contribution >= 4 is 0 Å². The zero-order chi connectivity index (χ0) is 8.06. The number of hydrogen-bond donors (Lipinski definition) is 1. The van der Waals surface area contributed by atoms with Crippen LogP contribution >= 0.6 is 0 Å². The molecule has 3 heteroatoms. The summed E-state index contributed by atoms with van der Waals surface area (Å²) >= 11 is 0. The standard InChI is InChI=1S/C8H12N2O/c1-8(2)5-4-11-10-6(5)3-7(8)9/h4,7H,3,9H2,1-2H3/t7-/m1/s1. The van der Waals surface area contributed by atoms with E-state index in [0.29, 0.717) is 0 Å². The number of nitrogens with zero attached hydrogens (tertiary/aromatic N) is 1. The van der Waals surface area contributed by atoms with Crippen molar-refractivity contribution in [3.05, 3.63) is 17.5 Å². The van der Waals surface area contributed by atoms with E-state index < -0.39 is 0 Å². The number of aromatic nitrogens is 1. The van der Waals surface area contributed by atoms with Gasteiger partial charge in [-0.05, 0) is 0 Å². The minimum atomic E-state index is 0.0370. The lowest BCUT2D eigenvalue weighted by Crippen LogP contribution is -2.37. The van der Waals surface area contributed by atoms with Crippen LogP contribution in [0.25, 0.3) is 0 Å². The Labute approximate surface area is 65.6 Å². The second kappa shape index (κ2) is 1.85. The summed E-state index contributed by atoms with van der Waals surface area (Å²) < 4.78 is 4.87. The van der Waals surface area contributed by atoms with Crippen LogP contribution in [0.5, 0.6) is 0 Å². The van der Waals surface area contributed by atoms with Crippen molar-refractivity contribution < 1.29 is 4.52 Å². The van der Waals surface area contributed by atoms with Gasteiger partial charge in [-0.2, -0.15) is 0 Å². The fraction of sp³-hybridized carbons (Fsp3) is 0.625. The van der Waals surface area contributed by atoms with E-state index in [4.69, 9.17) is 10.3 Å². The maximum atomic E-state index is 5.93. The zero-order valence-corrected chi connectivity index (χ0v) is 6.79. The third-order valence-corrected chi connectivity index (χ3v) is 2.68. The van der Waals surface area contributed by atoms with Crippen molar-refractivity contribution in [1.82, 2.24) is 5.16 Å². The SMILES string of the molecule is CC1(C)c2conc2C[C@H]1N.